The minimum Gasteiger partial charge on any atom is -0.350 e. The molecule has 0 unspecified atom stereocenters. The summed E-state index contributed by atoms with van der Waals surface area (Å²) in [6.45, 7) is 2.58. The van der Waals surface area contributed by atoms with Gasteiger partial charge in [-0.1, -0.05) is 17.8 Å². The molecule has 0 aromatic carbocycles. The lowest BCUT2D eigenvalue weighted by molar-refractivity contribution is 0.0952. The molecule has 0 saturated heterocycles. The predicted octanol–water partition coefficient (Wildman–Crippen LogP) is 1.90. The Morgan fingerprint density at radius 3 is 3.00 bits per heavy atom. The summed E-state index contributed by atoms with van der Waals surface area (Å²) in [6, 6.07) is 3.89. The van der Waals surface area contributed by atoms with E-state index in [1.54, 1.807) is 24.2 Å². The highest BCUT2D eigenvalue weighted by Crippen LogP contribution is 2.13. The van der Waals surface area contributed by atoms with E-state index in [1.807, 2.05) is 47.5 Å². The molecule has 22 heavy (non-hydrogen) atoms. The van der Waals surface area contributed by atoms with Crippen LogP contribution in [0.2, 0.25) is 0 Å². The van der Waals surface area contributed by atoms with Gasteiger partial charge in [0.2, 0.25) is 0 Å². The van der Waals surface area contributed by atoms with Crippen LogP contribution in [0, 0.1) is 6.92 Å². The quantitative estimate of drug-likeness (QED) is 0.577. The van der Waals surface area contributed by atoms with Gasteiger partial charge in [-0.2, -0.15) is 0 Å². The van der Waals surface area contributed by atoms with Crippen LogP contribution in [-0.2, 0) is 7.05 Å². The highest BCUT2D eigenvalue weighted by molar-refractivity contribution is 7.99. The minimum absolute atomic E-state index is 0.151. The normalized spacial score (nSPS) is 11.0. The van der Waals surface area contributed by atoms with Crippen molar-refractivity contribution in [1.82, 2.24) is 24.3 Å². The number of carbonyl (C=O) groups excluding carboxylic acids is 1. The number of amides is 1. The van der Waals surface area contributed by atoms with E-state index in [9.17, 15) is 4.79 Å². The number of aromatic nitrogens is 4. The first-order chi connectivity index (χ1) is 10.6. The number of imidazole rings is 2. The number of hydrogen-bond donors (Lipinski definition) is 1. The molecule has 7 heteroatoms. The molecule has 6 nitrogen and oxygen atoms in total. The van der Waals surface area contributed by atoms with Crippen molar-refractivity contribution in [3.05, 3.63) is 48.2 Å². The molecule has 0 aliphatic heterocycles. The van der Waals surface area contributed by atoms with Crippen molar-refractivity contribution in [2.24, 2.45) is 7.05 Å². The highest BCUT2D eigenvalue weighted by atomic mass is 32.2. The van der Waals surface area contributed by atoms with Gasteiger partial charge in [0.25, 0.3) is 5.91 Å². The molecule has 0 fully saturated rings. The SMILES string of the molecule is Cc1ccc2nc(C(=O)NCCSc3nccn3C)cn2c1. The topological polar surface area (TPSA) is 64.2 Å². The third-order valence-corrected chi connectivity index (χ3v) is 4.29. The predicted molar refractivity (Wildman–Crippen MR) is 86.2 cm³/mol. The van der Waals surface area contributed by atoms with Gasteiger partial charge in [0.05, 0.1) is 0 Å². The van der Waals surface area contributed by atoms with Gasteiger partial charge in [-0.05, 0) is 18.6 Å². The maximum Gasteiger partial charge on any atom is 0.271 e. The second-order valence-electron chi connectivity index (χ2n) is 5.02. The number of pyridine rings is 1. The molecule has 114 valence electrons. The van der Waals surface area contributed by atoms with Gasteiger partial charge in [-0.3, -0.25) is 4.79 Å². The van der Waals surface area contributed by atoms with Crippen LogP contribution in [0.25, 0.3) is 5.65 Å². The molecule has 0 bridgehead atoms. The molecule has 1 amide bonds. The van der Waals surface area contributed by atoms with Crippen LogP contribution in [-0.4, -0.2) is 37.1 Å². The van der Waals surface area contributed by atoms with Gasteiger partial charge in [-0.25, -0.2) is 9.97 Å². The zero-order chi connectivity index (χ0) is 15.5. The Morgan fingerprint density at radius 2 is 2.23 bits per heavy atom. The fourth-order valence-electron chi connectivity index (χ4n) is 2.10. The standard InChI is InChI=1S/C15H17N5OS/c1-11-3-4-13-18-12(10-20(13)9-11)14(21)16-6-8-22-15-17-5-7-19(15)2/h3-5,7,9-10H,6,8H2,1-2H3,(H,16,21). The minimum atomic E-state index is -0.151. The molecule has 0 spiro atoms. The van der Waals surface area contributed by atoms with Crippen molar-refractivity contribution in [2.75, 3.05) is 12.3 Å². The zero-order valence-electron chi connectivity index (χ0n) is 12.5. The molecule has 0 atom stereocenters. The highest BCUT2D eigenvalue weighted by Gasteiger charge is 2.10. The molecule has 3 aromatic rings. The van der Waals surface area contributed by atoms with Crippen LogP contribution in [0.3, 0.4) is 0 Å². The second kappa shape index (κ2) is 6.23. The van der Waals surface area contributed by atoms with Crippen LogP contribution in [0.15, 0.2) is 42.1 Å². The van der Waals surface area contributed by atoms with Gasteiger partial charge in [0, 0.05) is 44.1 Å². The van der Waals surface area contributed by atoms with Crippen LogP contribution < -0.4 is 5.32 Å². The Labute approximate surface area is 132 Å². The molecule has 0 radical (unpaired) electrons. The van der Waals surface area contributed by atoms with E-state index in [0.717, 1.165) is 22.1 Å². The number of nitrogens with one attached hydrogen (secondary N) is 1. The third-order valence-electron chi connectivity index (χ3n) is 3.23. The number of fused-ring (bicyclic) bond motifs is 1. The summed E-state index contributed by atoms with van der Waals surface area (Å²) < 4.78 is 3.82. The van der Waals surface area contributed by atoms with Crippen molar-refractivity contribution < 1.29 is 4.79 Å². The van der Waals surface area contributed by atoms with E-state index in [2.05, 4.69) is 15.3 Å². The van der Waals surface area contributed by atoms with Crippen LogP contribution >= 0.6 is 11.8 Å². The number of thioether (sulfide) groups is 1. The fraction of sp³-hybridized carbons (Fsp3) is 0.267. The molecular weight excluding hydrogens is 298 g/mol. The Hall–Kier alpha value is -2.28. The van der Waals surface area contributed by atoms with E-state index in [-0.39, 0.29) is 5.91 Å². The van der Waals surface area contributed by atoms with Gasteiger partial charge in [0.1, 0.15) is 11.3 Å². The van der Waals surface area contributed by atoms with Crippen molar-refractivity contribution in [3.8, 4) is 0 Å². The largest absolute Gasteiger partial charge is 0.350 e. The summed E-state index contributed by atoms with van der Waals surface area (Å²) in [6.07, 6.45) is 7.37. The first-order valence-electron chi connectivity index (χ1n) is 6.97. The lowest BCUT2D eigenvalue weighted by atomic mass is 10.3. The summed E-state index contributed by atoms with van der Waals surface area (Å²) in [5.74, 6) is 0.616. The molecule has 0 aliphatic rings. The summed E-state index contributed by atoms with van der Waals surface area (Å²) in [4.78, 5) is 20.7. The lowest BCUT2D eigenvalue weighted by Gasteiger charge is -2.03. The van der Waals surface area contributed by atoms with E-state index in [0.29, 0.717) is 12.2 Å². The Balaban J connectivity index is 1.55. The molecular formula is C15H17N5OS. The number of carbonyl (C=O) groups is 1. The number of aryl methyl sites for hydroxylation is 2. The molecule has 0 aliphatic carbocycles. The molecule has 0 saturated carbocycles. The molecule has 3 heterocycles. The first-order valence-corrected chi connectivity index (χ1v) is 7.96. The fourth-order valence-corrected chi connectivity index (χ4v) is 2.89. The number of nitrogens with zero attached hydrogens (tertiary/aromatic N) is 4. The van der Waals surface area contributed by atoms with E-state index in [1.165, 1.54) is 0 Å². The number of rotatable bonds is 5. The van der Waals surface area contributed by atoms with Gasteiger partial charge < -0.3 is 14.3 Å². The van der Waals surface area contributed by atoms with E-state index in [4.69, 9.17) is 0 Å². The summed E-state index contributed by atoms with van der Waals surface area (Å²) >= 11 is 1.61. The lowest BCUT2D eigenvalue weighted by Crippen LogP contribution is -2.26. The molecule has 1 N–H and O–H groups in total. The van der Waals surface area contributed by atoms with Crippen molar-refractivity contribution >= 4 is 23.3 Å². The van der Waals surface area contributed by atoms with Crippen molar-refractivity contribution in [3.63, 3.8) is 0 Å². The monoisotopic (exact) mass is 315 g/mol. The molecule has 3 aromatic heterocycles. The average Bonchev–Trinajstić information content (AvgIpc) is 3.09. The molecule has 3 rings (SSSR count). The van der Waals surface area contributed by atoms with Gasteiger partial charge >= 0.3 is 0 Å². The summed E-state index contributed by atoms with van der Waals surface area (Å²) in [5, 5.41) is 3.83. The first kappa shape index (κ1) is 14.6. The number of hydrogen-bond acceptors (Lipinski definition) is 4. The van der Waals surface area contributed by atoms with Gasteiger partial charge in [-0.15, -0.1) is 0 Å². The van der Waals surface area contributed by atoms with Crippen molar-refractivity contribution in [2.45, 2.75) is 12.1 Å². The smallest absolute Gasteiger partial charge is 0.271 e. The van der Waals surface area contributed by atoms with Crippen LogP contribution in [0.5, 0.6) is 0 Å². The Bertz CT molecular complexity index is 807. The second-order valence-corrected chi connectivity index (χ2v) is 6.09. The zero-order valence-corrected chi connectivity index (χ0v) is 13.3. The third kappa shape index (κ3) is 3.14. The van der Waals surface area contributed by atoms with Crippen LogP contribution in [0.4, 0.5) is 0 Å². The summed E-state index contributed by atoms with van der Waals surface area (Å²) in [5.41, 5.74) is 2.34. The maximum atomic E-state index is 12.1. The summed E-state index contributed by atoms with van der Waals surface area (Å²) in [7, 11) is 1.95. The van der Waals surface area contributed by atoms with Crippen molar-refractivity contribution in [1.29, 1.82) is 0 Å². The Morgan fingerprint density at radius 1 is 1.36 bits per heavy atom. The van der Waals surface area contributed by atoms with Gasteiger partial charge in [0.15, 0.2) is 5.16 Å². The van der Waals surface area contributed by atoms with E-state index < -0.39 is 0 Å². The average molecular weight is 315 g/mol. The Kier molecular flexibility index (Phi) is 4.15. The van der Waals surface area contributed by atoms with E-state index >= 15 is 0 Å². The van der Waals surface area contributed by atoms with Crippen LogP contribution in [0.1, 0.15) is 16.1 Å². The maximum absolute atomic E-state index is 12.1.